The van der Waals surface area contributed by atoms with Gasteiger partial charge in [-0.1, -0.05) is 31.4 Å². The quantitative estimate of drug-likeness (QED) is 0.418. The zero-order valence-corrected chi connectivity index (χ0v) is 20.2. The topological polar surface area (TPSA) is 125 Å². The van der Waals surface area contributed by atoms with E-state index in [1.165, 1.54) is 37.5 Å². The molecule has 1 saturated carbocycles. The number of halogens is 2. The average Bonchev–Trinajstić information content (AvgIpc) is 3.28. The Balaban J connectivity index is 1.72. The van der Waals surface area contributed by atoms with E-state index in [4.69, 9.17) is 11.6 Å². The molecule has 1 fully saturated rings. The second-order valence-electron chi connectivity index (χ2n) is 9.22. The molecule has 0 radical (unpaired) electrons. The van der Waals surface area contributed by atoms with Crippen LogP contribution < -0.4 is 21.5 Å². The SMILES string of the molecule is CN(C)C(=O)c1nccc(Nc2c(N[C@@H](c3nccc(F)c3Cl)C3(C)CCCC3)c(=O)c2=O)c1O. The van der Waals surface area contributed by atoms with Crippen LogP contribution in [0.3, 0.4) is 0 Å². The molecule has 3 N–H and O–H groups in total. The van der Waals surface area contributed by atoms with E-state index in [1.54, 1.807) is 0 Å². The molecule has 0 saturated heterocycles. The molecule has 0 unspecified atom stereocenters. The van der Waals surface area contributed by atoms with Crippen molar-refractivity contribution in [3.8, 4) is 5.75 Å². The lowest BCUT2D eigenvalue weighted by Crippen LogP contribution is -2.40. The lowest BCUT2D eigenvalue weighted by atomic mass is 9.78. The van der Waals surface area contributed by atoms with Gasteiger partial charge < -0.3 is 20.6 Å². The second-order valence-corrected chi connectivity index (χ2v) is 9.60. The van der Waals surface area contributed by atoms with Crippen LogP contribution >= 0.6 is 11.6 Å². The summed E-state index contributed by atoms with van der Waals surface area (Å²) < 4.78 is 14.3. The Labute approximate surface area is 205 Å². The molecule has 4 rings (SSSR count). The van der Waals surface area contributed by atoms with Gasteiger partial charge in [0.05, 0.1) is 22.4 Å². The number of pyridine rings is 2. The smallest absolute Gasteiger partial charge is 0.275 e. The molecule has 0 spiro atoms. The summed E-state index contributed by atoms with van der Waals surface area (Å²) in [6.07, 6.45) is 6.09. The van der Waals surface area contributed by atoms with Crippen molar-refractivity contribution >= 4 is 34.6 Å². The predicted molar refractivity (Wildman–Crippen MR) is 131 cm³/mol. The number of nitrogens with zero attached hydrogens (tertiary/aromatic N) is 3. The number of hydrogen-bond acceptors (Lipinski definition) is 8. The highest BCUT2D eigenvalue weighted by molar-refractivity contribution is 6.31. The van der Waals surface area contributed by atoms with Crippen molar-refractivity contribution in [2.24, 2.45) is 5.41 Å². The monoisotopic (exact) mass is 501 g/mol. The van der Waals surface area contributed by atoms with Crippen LogP contribution in [0.25, 0.3) is 0 Å². The molecule has 184 valence electrons. The van der Waals surface area contributed by atoms with E-state index in [1.807, 2.05) is 6.92 Å². The van der Waals surface area contributed by atoms with Crippen LogP contribution in [0, 0.1) is 11.2 Å². The Kier molecular flexibility index (Phi) is 6.50. The molecular formula is C24H25ClFN5O4. The van der Waals surface area contributed by atoms with Crippen molar-refractivity contribution in [2.75, 3.05) is 24.7 Å². The van der Waals surface area contributed by atoms with Crippen molar-refractivity contribution in [3.63, 3.8) is 0 Å². The highest BCUT2D eigenvalue weighted by atomic mass is 35.5. The van der Waals surface area contributed by atoms with E-state index in [-0.39, 0.29) is 33.5 Å². The zero-order chi connectivity index (χ0) is 25.5. The number of nitrogens with one attached hydrogen (secondary N) is 2. The molecule has 0 aliphatic heterocycles. The highest BCUT2D eigenvalue weighted by Crippen LogP contribution is 2.50. The first-order valence-corrected chi connectivity index (χ1v) is 11.5. The summed E-state index contributed by atoms with van der Waals surface area (Å²) in [5.74, 6) is -1.62. The standard InChI is InChI=1S/C24H25ClFN5O4/c1-24(8-4-5-9-24)22(15-14(25)12(26)6-10-27-15)30-17-16(20(33)21(17)34)29-13-7-11-28-18(19(13)32)23(35)31(2)3/h6-7,10-11,22,30,32H,4-5,8-9H2,1-3H3,(H,28,29)/t22-/m0/s1. The Morgan fingerprint density at radius 3 is 2.43 bits per heavy atom. The van der Waals surface area contributed by atoms with Crippen molar-refractivity contribution < 1.29 is 14.3 Å². The largest absolute Gasteiger partial charge is 0.504 e. The first kappa shape index (κ1) is 24.6. The van der Waals surface area contributed by atoms with E-state index in [0.717, 1.165) is 31.7 Å². The number of aromatic nitrogens is 2. The summed E-state index contributed by atoms with van der Waals surface area (Å²) >= 11 is 6.26. The van der Waals surface area contributed by atoms with E-state index in [9.17, 15) is 23.9 Å². The fourth-order valence-electron chi connectivity index (χ4n) is 4.53. The number of carbonyl (C=O) groups is 1. The first-order valence-electron chi connectivity index (χ1n) is 11.1. The maximum atomic E-state index is 14.3. The Bertz CT molecular complexity index is 1360. The van der Waals surface area contributed by atoms with Crippen molar-refractivity contribution in [1.29, 1.82) is 0 Å². The minimum Gasteiger partial charge on any atom is -0.504 e. The molecule has 1 aromatic carbocycles. The molecule has 2 aromatic heterocycles. The van der Waals surface area contributed by atoms with Gasteiger partial charge in [-0.3, -0.25) is 19.4 Å². The number of amides is 1. The lowest BCUT2D eigenvalue weighted by molar-refractivity contribution is 0.0819. The molecule has 0 bridgehead atoms. The van der Waals surface area contributed by atoms with Crippen LogP contribution in [0.2, 0.25) is 5.02 Å². The number of hydrogen-bond donors (Lipinski definition) is 3. The van der Waals surface area contributed by atoms with Crippen LogP contribution in [0.5, 0.6) is 5.75 Å². The van der Waals surface area contributed by atoms with Crippen molar-refractivity contribution in [1.82, 2.24) is 14.9 Å². The van der Waals surface area contributed by atoms with Gasteiger partial charge in [0.1, 0.15) is 17.2 Å². The fraction of sp³-hybridized carbons (Fsp3) is 0.375. The van der Waals surface area contributed by atoms with Gasteiger partial charge in [-0.05, 0) is 30.4 Å². The molecule has 11 heteroatoms. The van der Waals surface area contributed by atoms with E-state index >= 15 is 0 Å². The van der Waals surface area contributed by atoms with Crippen LogP contribution in [0.15, 0.2) is 34.1 Å². The number of rotatable bonds is 7. The third kappa shape index (κ3) is 4.34. The molecular weight excluding hydrogens is 477 g/mol. The minimum atomic E-state index is -0.794. The predicted octanol–water partition coefficient (Wildman–Crippen LogP) is 3.75. The van der Waals surface area contributed by atoms with Crippen LogP contribution in [0.1, 0.15) is 54.8 Å². The summed E-state index contributed by atoms with van der Waals surface area (Å²) in [5.41, 5.74) is -1.98. The molecule has 1 aliphatic rings. The average molecular weight is 502 g/mol. The van der Waals surface area contributed by atoms with Gasteiger partial charge in [-0.25, -0.2) is 9.37 Å². The zero-order valence-electron chi connectivity index (χ0n) is 19.5. The maximum absolute atomic E-state index is 14.3. The summed E-state index contributed by atoms with van der Waals surface area (Å²) in [5, 5.41) is 16.3. The molecule has 2 heterocycles. The molecule has 1 aliphatic carbocycles. The Morgan fingerprint density at radius 1 is 1.14 bits per heavy atom. The molecule has 1 amide bonds. The molecule has 35 heavy (non-hydrogen) atoms. The summed E-state index contributed by atoms with van der Waals surface area (Å²) in [6, 6.07) is 1.89. The number of carbonyl (C=O) groups excluding carboxylic acids is 1. The van der Waals surface area contributed by atoms with Gasteiger partial charge in [0.15, 0.2) is 11.4 Å². The number of anilines is 3. The van der Waals surface area contributed by atoms with Gasteiger partial charge in [0, 0.05) is 26.5 Å². The summed E-state index contributed by atoms with van der Waals surface area (Å²) in [7, 11) is 3.02. The Morgan fingerprint density at radius 2 is 1.77 bits per heavy atom. The first-order chi connectivity index (χ1) is 16.5. The van der Waals surface area contributed by atoms with Gasteiger partial charge in [-0.2, -0.15) is 0 Å². The third-order valence-corrected chi connectivity index (χ3v) is 6.95. The second kappa shape index (κ2) is 9.26. The van der Waals surface area contributed by atoms with Crippen LogP contribution in [0.4, 0.5) is 21.5 Å². The van der Waals surface area contributed by atoms with Gasteiger partial charge >= 0.3 is 0 Å². The van der Waals surface area contributed by atoms with Crippen molar-refractivity contribution in [2.45, 2.75) is 38.6 Å². The molecule has 1 atom stereocenters. The third-order valence-electron chi connectivity index (χ3n) is 6.58. The van der Waals surface area contributed by atoms with Gasteiger partial charge in [0.2, 0.25) is 0 Å². The maximum Gasteiger partial charge on any atom is 0.275 e. The van der Waals surface area contributed by atoms with E-state index < -0.39 is 39.8 Å². The van der Waals surface area contributed by atoms with E-state index in [0.29, 0.717) is 0 Å². The normalized spacial score (nSPS) is 15.7. The lowest BCUT2D eigenvalue weighted by Gasteiger charge is -2.36. The van der Waals surface area contributed by atoms with Crippen LogP contribution in [-0.2, 0) is 0 Å². The highest BCUT2D eigenvalue weighted by Gasteiger charge is 2.41. The fourth-order valence-corrected chi connectivity index (χ4v) is 4.75. The number of aromatic hydroxyl groups is 1. The van der Waals surface area contributed by atoms with Gasteiger partial charge in [0.25, 0.3) is 16.8 Å². The van der Waals surface area contributed by atoms with E-state index in [2.05, 4.69) is 20.6 Å². The molecule has 9 nitrogen and oxygen atoms in total. The molecule has 3 aromatic rings. The summed E-state index contributed by atoms with van der Waals surface area (Å²) in [4.78, 5) is 46.8. The van der Waals surface area contributed by atoms with Crippen molar-refractivity contribution in [3.05, 3.63) is 67.2 Å². The van der Waals surface area contributed by atoms with Gasteiger partial charge in [-0.15, -0.1) is 0 Å². The minimum absolute atomic E-state index is 0.0213. The summed E-state index contributed by atoms with van der Waals surface area (Å²) in [6.45, 7) is 2.01. The Hall–Kier alpha value is -3.53. The van der Waals surface area contributed by atoms with Crippen LogP contribution in [-0.4, -0.2) is 40.0 Å².